The van der Waals surface area contributed by atoms with Crippen molar-refractivity contribution in [3.05, 3.63) is 77.3 Å². The normalized spacial score (nSPS) is 11.3. The van der Waals surface area contributed by atoms with Gasteiger partial charge in [0.15, 0.2) is 11.5 Å². The molecule has 0 saturated carbocycles. The lowest BCUT2D eigenvalue weighted by Gasteiger charge is -2.11. The average molecular weight is 446 g/mol. The van der Waals surface area contributed by atoms with Gasteiger partial charge in [0.25, 0.3) is 0 Å². The Morgan fingerprint density at radius 1 is 1.15 bits per heavy atom. The van der Waals surface area contributed by atoms with E-state index in [9.17, 15) is 4.79 Å². The number of carbonyl (C=O) groups excluding carboxylic acids is 1. The van der Waals surface area contributed by atoms with Gasteiger partial charge in [0.05, 0.1) is 18.4 Å². The Morgan fingerprint density at radius 3 is 2.73 bits per heavy atom. The van der Waals surface area contributed by atoms with Gasteiger partial charge in [0.1, 0.15) is 12.4 Å². The molecule has 0 fully saturated rings. The van der Waals surface area contributed by atoms with Gasteiger partial charge in [0.2, 0.25) is 5.91 Å². The van der Waals surface area contributed by atoms with Crippen LogP contribution in [0.2, 0.25) is 0 Å². The Morgan fingerprint density at radius 2 is 2.00 bits per heavy atom. The van der Waals surface area contributed by atoms with E-state index in [1.807, 2.05) is 62.5 Å². The second-order valence-corrected chi connectivity index (χ2v) is 7.70. The molecule has 7 heteroatoms. The Labute approximate surface area is 192 Å². The minimum absolute atomic E-state index is 0.207. The largest absolute Gasteiger partial charge is 0.493 e. The van der Waals surface area contributed by atoms with Crippen LogP contribution in [0.25, 0.3) is 17.0 Å². The third kappa shape index (κ3) is 4.92. The molecule has 7 nitrogen and oxygen atoms in total. The van der Waals surface area contributed by atoms with Crippen molar-refractivity contribution < 1.29 is 18.8 Å². The highest BCUT2D eigenvalue weighted by molar-refractivity contribution is 6.03. The van der Waals surface area contributed by atoms with Crippen molar-refractivity contribution in [1.82, 2.24) is 9.72 Å². The number of hydrogen-bond donors (Lipinski definition) is 1. The molecule has 0 aliphatic carbocycles. The molecule has 0 atom stereocenters. The highest BCUT2D eigenvalue weighted by Gasteiger charge is 2.12. The fourth-order valence-electron chi connectivity index (χ4n) is 3.67. The highest BCUT2D eigenvalue weighted by atomic mass is 16.5. The molecule has 2 aromatic carbocycles. The van der Waals surface area contributed by atoms with Gasteiger partial charge in [-0.05, 0) is 68.8 Å². The molecule has 1 amide bonds. The summed E-state index contributed by atoms with van der Waals surface area (Å²) in [6.45, 7) is 7.08. The molecular formula is C26H27N3O4. The maximum Gasteiger partial charge on any atom is 0.248 e. The summed E-state index contributed by atoms with van der Waals surface area (Å²) in [4.78, 5) is 12.4. The van der Waals surface area contributed by atoms with E-state index < -0.39 is 0 Å². The number of ether oxygens (including phenoxy) is 2. The van der Waals surface area contributed by atoms with Crippen LogP contribution in [0.15, 0.2) is 59.3 Å². The summed E-state index contributed by atoms with van der Waals surface area (Å²) in [5.74, 6) is 1.71. The fourth-order valence-corrected chi connectivity index (χ4v) is 3.67. The summed E-state index contributed by atoms with van der Waals surface area (Å²) in [6, 6.07) is 13.5. The second-order valence-electron chi connectivity index (χ2n) is 7.70. The number of methoxy groups -OCH3 is 1. The van der Waals surface area contributed by atoms with Crippen molar-refractivity contribution in [2.75, 3.05) is 12.4 Å². The first-order valence-electron chi connectivity index (χ1n) is 10.8. The van der Waals surface area contributed by atoms with E-state index in [0.717, 1.165) is 45.7 Å². The number of carbonyl (C=O) groups is 1. The molecule has 0 bridgehead atoms. The number of nitrogens with one attached hydrogen (secondary N) is 1. The van der Waals surface area contributed by atoms with Crippen LogP contribution in [0.1, 0.15) is 29.5 Å². The van der Waals surface area contributed by atoms with Crippen LogP contribution >= 0.6 is 0 Å². The van der Waals surface area contributed by atoms with E-state index in [0.29, 0.717) is 18.1 Å². The van der Waals surface area contributed by atoms with Crippen molar-refractivity contribution in [1.29, 1.82) is 0 Å². The average Bonchev–Trinajstić information content (AvgIpc) is 3.38. The minimum atomic E-state index is -0.207. The molecule has 33 heavy (non-hydrogen) atoms. The summed E-state index contributed by atoms with van der Waals surface area (Å²) in [7, 11) is 1.58. The SMILES string of the molecule is CCn1ccc2cc(NC(=O)/C=C/c3ccc(OCc4c(C)noc4C)c(OC)c3)ccc21. The van der Waals surface area contributed by atoms with E-state index in [4.69, 9.17) is 14.0 Å². The first-order chi connectivity index (χ1) is 16.0. The first-order valence-corrected chi connectivity index (χ1v) is 10.8. The lowest BCUT2D eigenvalue weighted by atomic mass is 10.1. The molecule has 170 valence electrons. The zero-order valence-corrected chi connectivity index (χ0v) is 19.2. The second kappa shape index (κ2) is 9.65. The number of amides is 1. The van der Waals surface area contributed by atoms with Gasteiger partial charge in [-0.25, -0.2) is 0 Å². The lowest BCUT2D eigenvalue weighted by Crippen LogP contribution is -2.07. The maximum absolute atomic E-state index is 12.4. The van der Waals surface area contributed by atoms with Gasteiger partial charge in [-0.2, -0.15) is 0 Å². The van der Waals surface area contributed by atoms with Crippen LogP contribution in [0.5, 0.6) is 11.5 Å². The number of anilines is 1. The summed E-state index contributed by atoms with van der Waals surface area (Å²) >= 11 is 0. The molecule has 0 aliphatic rings. The minimum Gasteiger partial charge on any atom is -0.493 e. The first kappa shape index (κ1) is 22.2. The molecule has 0 radical (unpaired) electrons. The molecule has 1 N–H and O–H groups in total. The summed E-state index contributed by atoms with van der Waals surface area (Å²) < 4.78 is 18.7. The number of hydrogen-bond acceptors (Lipinski definition) is 5. The van der Waals surface area contributed by atoms with Crippen LogP contribution in [0.4, 0.5) is 5.69 Å². The molecule has 0 spiro atoms. The number of nitrogens with zero attached hydrogens (tertiary/aromatic N) is 2. The lowest BCUT2D eigenvalue weighted by molar-refractivity contribution is -0.111. The van der Waals surface area contributed by atoms with Crippen LogP contribution in [-0.4, -0.2) is 22.7 Å². The van der Waals surface area contributed by atoms with E-state index >= 15 is 0 Å². The number of benzene rings is 2. The number of aromatic nitrogens is 2. The third-order valence-corrected chi connectivity index (χ3v) is 5.55. The fraction of sp³-hybridized carbons (Fsp3) is 0.231. The van der Waals surface area contributed by atoms with Crippen LogP contribution in [0.3, 0.4) is 0 Å². The Kier molecular flexibility index (Phi) is 6.49. The molecule has 4 aromatic rings. The number of fused-ring (bicyclic) bond motifs is 1. The predicted octanol–water partition coefficient (Wildman–Crippen LogP) is 5.51. The molecule has 0 unspecified atom stereocenters. The summed E-state index contributed by atoms with van der Waals surface area (Å²) in [6.07, 6.45) is 5.29. The Bertz CT molecular complexity index is 1300. The molecule has 2 heterocycles. The van der Waals surface area contributed by atoms with Crippen molar-refractivity contribution in [2.24, 2.45) is 0 Å². The zero-order valence-electron chi connectivity index (χ0n) is 19.2. The monoisotopic (exact) mass is 445 g/mol. The van der Waals surface area contributed by atoms with E-state index in [1.165, 1.54) is 6.08 Å². The van der Waals surface area contributed by atoms with Gasteiger partial charge >= 0.3 is 0 Å². The maximum atomic E-state index is 12.4. The van der Waals surface area contributed by atoms with Gasteiger partial charge in [-0.15, -0.1) is 0 Å². The van der Waals surface area contributed by atoms with Crippen LogP contribution in [-0.2, 0) is 17.9 Å². The molecule has 0 aliphatic heterocycles. The van der Waals surface area contributed by atoms with Crippen LogP contribution in [0, 0.1) is 13.8 Å². The topological polar surface area (TPSA) is 78.5 Å². The summed E-state index contributed by atoms with van der Waals surface area (Å²) in [5, 5.41) is 7.95. The van der Waals surface area contributed by atoms with Gasteiger partial charge in [-0.3, -0.25) is 4.79 Å². The zero-order chi connectivity index (χ0) is 23.4. The molecular weight excluding hydrogens is 418 g/mol. The Hall–Kier alpha value is -4.00. The van der Waals surface area contributed by atoms with Crippen molar-refractivity contribution >= 4 is 28.6 Å². The standard InChI is InChI=1S/C26H27N3O4/c1-5-29-13-12-20-15-21(8-9-23(20)29)27-26(30)11-7-19-6-10-24(25(14-19)31-4)32-16-22-17(2)28-33-18(22)3/h6-15H,5,16H2,1-4H3,(H,27,30)/b11-7+. The van der Waals surface area contributed by atoms with Gasteiger partial charge in [-0.1, -0.05) is 11.2 Å². The van der Waals surface area contributed by atoms with Gasteiger partial charge in [0, 0.05) is 35.4 Å². The third-order valence-electron chi connectivity index (χ3n) is 5.55. The highest BCUT2D eigenvalue weighted by Crippen LogP contribution is 2.30. The van der Waals surface area contributed by atoms with Gasteiger partial charge < -0.3 is 23.9 Å². The van der Waals surface area contributed by atoms with Crippen molar-refractivity contribution in [3.8, 4) is 11.5 Å². The van der Waals surface area contributed by atoms with E-state index in [1.54, 1.807) is 13.2 Å². The molecule has 0 saturated heterocycles. The predicted molar refractivity (Wildman–Crippen MR) is 129 cm³/mol. The smallest absolute Gasteiger partial charge is 0.248 e. The van der Waals surface area contributed by atoms with Crippen LogP contribution < -0.4 is 14.8 Å². The number of aryl methyl sites for hydroxylation is 3. The van der Waals surface area contributed by atoms with Crippen molar-refractivity contribution in [2.45, 2.75) is 33.9 Å². The van der Waals surface area contributed by atoms with E-state index in [-0.39, 0.29) is 5.91 Å². The molecule has 2 aromatic heterocycles. The summed E-state index contributed by atoms with van der Waals surface area (Å²) in [5.41, 5.74) is 4.45. The Balaban J connectivity index is 1.41. The molecule has 4 rings (SSSR count). The number of rotatable bonds is 8. The van der Waals surface area contributed by atoms with Crippen molar-refractivity contribution in [3.63, 3.8) is 0 Å². The van der Waals surface area contributed by atoms with E-state index in [2.05, 4.69) is 22.0 Å². The quantitative estimate of drug-likeness (QED) is 0.362.